The molecule has 8 heteroatoms. The molecule has 3 aromatic rings. The molecule has 28 heavy (non-hydrogen) atoms. The van der Waals surface area contributed by atoms with Crippen molar-refractivity contribution in [1.29, 1.82) is 0 Å². The zero-order valence-electron chi connectivity index (χ0n) is 14.8. The molecular formula is C20H16BrF2NO4. The molecule has 146 valence electrons. The summed E-state index contributed by atoms with van der Waals surface area (Å²) in [5, 5.41) is 3.86. The van der Waals surface area contributed by atoms with E-state index in [2.05, 4.69) is 25.8 Å². The quantitative estimate of drug-likeness (QED) is 0.317. The van der Waals surface area contributed by atoms with Crippen molar-refractivity contribution in [1.82, 2.24) is 0 Å². The number of ether oxygens (including phenoxy) is 2. The van der Waals surface area contributed by atoms with E-state index < -0.39 is 6.61 Å². The van der Waals surface area contributed by atoms with Crippen molar-refractivity contribution in [2.24, 2.45) is 5.16 Å². The van der Waals surface area contributed by atoms with Crippen LogP contribution >= 0.6 is 15.9 Å². The van der Waals surface area contributed by atoms with E-state index >= 15 is 0 Å². The number of rotatable bonds is 8. The molecule has 1 heterocycles. The van der Waals surface area contributed by atoms with Crippen molar-refractivity contribution < 1.29 is 27.5 Å². The predicted octanol–water partition coefficient (Wildman–Crippen LogP) is 5.87. The molecule has 0 N–H and O–H groups in total. The van der Waals surface area contributed by atoms with Crippen molar-refractivity contribution in [2.75, 3.05) is 7.11 Å². The molecule has 0 atom stereocenters. The van der Waals surface area contributed by atoms with Crippen LogP contribution in [0.3, 0.4) is 0 Å². The Morgan fingerprint density at radius 2 is 1.86 bits per heavy atom. The number of methoxy groups -OCH3 is 1. The zero-order chi connectivity index (χ0) is 19.9. The van der Waals surface area contributed by atoms with E-state index in [-0.39, 0.29) is 18.1 Å². The van der Waals surface area contributed by atoms with E-state index in [0.29, 0.717) is 11.3 Å². The van der Waals surface area contributed by atoms with Crippen LogP contribution in [0.15, 0.2) is 68.6 Å². The monoisotopic (exact) mass is 451 g/mol. The Labute approximate surface area is 168 Å². The summed E-state index contributed by atoms with van der Waals surface area (Å²) in [6.07, 6.45) is 1.44. The van der Waals surface area contributed by atoms with Crippen molar-refractivity contribution >= 4 is 22.1 Å². The molecular weight excluding hydrogens is 436 g/mol. The molecule has 0 radical (unpaired) electrons. The van der Waals surface area contributed by atoms with Crippen LogP contribution in [0, 0.1) is 0 Å². The highest BCUT2D eigenvalue weighted by Gasteiger charge is 2.10. The number of nitrogens with zero attached hydrogens (tertiary/aromatic N) is 1. The van der Waals surface area contributed by atoms with E-state index in [1.54, 1.807) is 6.07 Å². The van der Waals surface area contributed by atoms with E-state index in [4.69, 9.17) is 14.0 Å². The van der Waals surface area contributed by atoms with E-state index in [0.717, 1.165) is 15.8 Å². The van der Waals surface area contributed by atoms with Gasteiger partial charge < -0.3 is 18.7 Å². The highest BCUT2D eigenvalue weighted by Crippen LogP contribution is 2.29. The lowest BCUT2D eigenvalue weighted by Crippen LogP contribution is -2.03. The molecule has 2 aromatic carbocycles. The first-order chi connectivity index (χ1) is 13.5. The minimum atomic E-state index is -2.92. The van der Waals surface area contributed by atoms with Crippen LogP contribution < -0.4 is 9.47 Å². The van der Waals surface area contributed by atoms with Gasteiger partial charge in [0, 0.05) is 15.6 Å². The Kier molecular flexibility index (Phi) is 6.65. The molecule has 0 bridgehead atoms. The van der Waals surface area contributed by atoms with Gasteiger partial charge >= 0.3 is 6.61 Å². The van der Waals surface area contributed by atoms with Gasteiger partial charge in [-0.1, -0.05) is 33.2 Å². The fourth-order valence-electron chi connectivity index (χ4n) is 2.38. The Morgan fingerprint density at radius 1 is 1.07 bits per heavy atom. The maximum Gasteiger partial charge on any atom is 0.387 e. The van der Waals surface area contributed by atoms with Crippen molar-refractivity contribution in [2.45, 2.75) is 13.2 Å². The molecule has 0 amide bonds. The normalized spacial score (nSPS) is 11.2. The molecule has 0 aliphatic heterocycles. The summed E-state index contributed by atoms with van der Waals surface area (Å²) in [5.74, 6) is 1.48. The van der Waals surface area contributed by atoms with Crippen molar-refractivity contribution in [3.8, 4) is 22.8 Å². The van der Waals surface area contributed by atoms with Crippen LogP contribution in [0.4, 0.5) is 8.78 Å². The lowest BCUT2D eigenvalue weighted by Gasteiger charge is -2.09. The predicted molar refractivity (Wildman–Crippen MR) is 104 cm³/mol. The number of furan rings is 1. The molecule has 0 spiro atoms. The van der Waals surface area contributed by atoms with E-state index in [9.17, 15) is 8.78 Å². The molecule has 1 aromatic heterocycles. The molecule has 0 fully saturated rings. The average molecular weight is 452 g/mol. The van der Waals surface area contributed by atoms with Gasteiger partial charge in [-0.2, -0.15) is 8.78 Å². The summed E-state index contributed by atoms with van der Waals surface area (Å²) in [4.78, 5) is 5.24. The third-order valence-corrected chi connectivity index (χ3v) is 4.21. The summed E-state index contributed by atoms with van der Waals surface area (Å²) < 4.78 is 40.8. The molecule has 0 aliphatic carbocycles. The lowest BCUT2D eigenvalue weighted by molar-refractivity contribution is -0.0512. The first-order valence-electron chi connectivity index (χ1n) is 8.18. The van der Waals surface area contributed by atoms with Crippen LogP contribution in [-0.2, 0) is 11.4 Å². The molecule has 3 rings (SSSR count). The first kappa shape index (κ1) is 19.9. The minimum Gasteiger partial charge on any atom is -0.493 e. The third kappa shape index (κ3) is 5.32. The van der Waals surface area contributed by atoms with Crippen LogP contribution in [0.1, 0.15) is 11.3 Å². The average Bonchev–Trinajstić information content (AvgIpc) is 3.15. The molecule has 0 saturated heterocycles. The Hall–Kier alpha value is -2.87. The highest BCUT2D eigenvalue weighted by atomic mass is 79.9. The number of alkyl halides is 2. The smallest absolute Gasteiger partial charge is 0.387 e. The molecule has 0 saturated carbocycles. The number of hydrogen-bond donors (Lipinski definition) is 0. The standard InChI is InChI=1S/C20H16BrF2NO4/c1-25-19-10-13(2-8-18(19)28-20(22)23)11-24-26-12-16-7-9-17(27-16)14-3-5-15(21)6-4-14/h2-11,20H,12H2,1H3/b24-11-. The lowest BCUT2D eigenvalue weighted by atomic mass is 10.2. The van der Waals surface area contributed by atoms with Gasteiger partial charge in [0.05, 0.1) is 13.3 Å². The number of hydrogen-bond acceptors (Lipinski definition) is 5. The van der Waals surface area contributed by atoms with Gasteiger partial charge in [0.25, 0.3) is 0 Å². The molecule has 0 unspecified atom stereocenters. The Balaban J connectivity index is 1.57. The van der Waals surface area contributed by atoms with Crippen LogP contribution in [-0.4, -0.2) is 19.9 Å². The van der Waals surface area contributed by atoms with Gasteiger partial charge in [0.2, 0.25) is 0 Å². The fourth-order valence-corrected chi connectivity index (χ4v) is 2.65. The van der Waals surface area contributed by atoms with Gasteiger partial charge in [-0.25, -0.2) is 0 Å². The van der Waals surface area contributed by atoms with Gasteiger partial charge in [-0.3, -0.25) is 0 Å². The summed E-state index contributed by atoms with van der Waals surface area (Å²) in [6, 6.07) is 15.9. The fraction of sp³-hybridized carbons (Fsp3) is 0.150. The third-order valence-electron chi connectivity index (χ3n) is 3.68. The summed E-state index contributed by atoms with van der Waals surface area (Å²) in [6.45, 7) is -2.77. The topological polar surface area (TPSA) is 53.2 Å². The Morgan fingerprint density at radius 3 is 2.57 bits per heavy atom. The molecule has 5 nitrogen and oxygen atoms in total. The van der Waals surface area contributed by atoms with E-state index in [1.165, 1.54) is 25.5 Å². The first-order valence-corrected chi connectivity index (χ1v) is 8.97. The van der Waals surface area contributed by atoms with Gasteiger partial charge in [0.15, 0.2) is 18.1 Å². The van der Waals surface area contributed by atoms with Crippen molar-refractivity contribution in [3.05, 3.63) is 70.4 Å². The summed E-state index contributed by atoms with van der Waals surface area (Å²) >= 11 is 3.39. The minimum absolute atomic E-state index is 0.0494. The van der Waals surface area contributed by atoms with Crippen LogP contribution in [0.25, 0.3) is 11.3 Å². The largest absolute Gasteiger partial charge is 0.493 e. The second-order valence-corrected chi connectivity index (χ2v) is 6.49. The SMILES string of the molecule is COc1cc(/C=N\OCc2ccc(-c3ccc(Br)cc3)o2)ccc1OC(F)F. The Bertz CT molecular complexity index is 942. The van der Waals surface area contributed by atoms with Gasteiger partial charge in [-0.05, 0) is 42.5 Å². The highest BCUT2D eigenvalue weighted by molar-refractivity contribution is 9.10. The maximum atomic E-state index is 12.3. The van der Waals surface area contributed by atoms with Gasteiger partial charge in [-0.15, -0.1) is 0 Å². The summed E-state index contributed by atoms with van der Waals surface area (Å²) in [5.41, 5.74) is 1.56. The number of benzene rings is 2. The summed E-state index contributed by atoms with van der Waals surface area (Å²) in [7, 11) is 1.37. The second-order valence-electron chi connectivity index (χ2n) is 5.57. The second kappa shape index (κ2) is 9.36. The van der Waals surface area contributed by atoms with Crippen LogP contribution in [0.5, 0.6) is 11.5 Å². The van der Waals surface area contributed by atoms with Crippen LogP contribution in [0.2, 0.25) is 0 Å². The molecule has 0 aliphatic rings. The van der Waals surface area contributed by atoms with E-state index in [1.807, 2.05) is 36.4 Å². The number of oxime groups is 1. The van der Waals surface area contributed by atoms with Gasteiger partial charge in [0.1, 0.15) is 11.5 Å². The maximum absolute atomic E-state index is 12.3. The zero-order valence-corrected chi connectivity index (χ0v) is 16.4. The van der Waals surface area contributed by atoms with Crippen molar-refractivity contribution in [3.63, 3.8) is 0 Å². The number of halogens is 3.